The van der Waals surface area contributed by atoms with Crippen LogP contribution in [-0.2, 0) is 34.9 Å². The van der Waals surface area contributed by atoms with E-state index in [2.05, 4.69) is 32.1 Å². The molecule has 13 nitrogen and oxygen atoms in total. The highest BCUT2D eigenvalue weighted by Crippen LogP contribution is 2.41. The van der Waals surface area contributed by atoms with Gasteiger partial charge in [-0.2, -0.15) is 0 Å². The minimum Gasteiger partial charge on any atom is -0.464 e. The molecule has 14 heteroatoms. The van der Waals surface area contributed by atoms with Gasteiger partial charge in [0.05, 0.1) is 38.1 Å². The van der Waals surface area contributed by atoms with Gasteiger partial charge in [0.25, 0.3) is 0 Å². The second-order valence-corrected chi connectivity index (χ2v) is 14.0. The van der Waals surface area contributed by atoms with Crippen LogP contribution in [0.3, 0.4) is 0 Å². The first-order valence-electron chi connectivity index (χ1n) is 14.7. The summed E-state index contributed by atoms with van der Waals surface area (Å²) in [6.07, 6.45) is 5.89. The summed E-state index contributed by atoms with van der Waals surface area (Å²) >= 11 is 0. The molecule has 0 amide bonds. The van der Waals surface area contributed by atoms with Gasteiger partial charge in [0, 0.05) is 6.04 Å². The van der Waals surface area contributed by atoms with Crippen LogP contribution in [0.1, 0.15) is 87.5 Å². The predicted molar refractivity (Wildman–Crippen MR) is 163 cm³/mol. The van der Waals surface area contributed by atoms with Gasteiger partial charge >= 0.3 is 11.9 Å². The maximum Gasteiger partial charge on any atom is 0.326 e. The van der Waals surface area contributed by atoms with Crippen LogP contribution >= 0.6 is 7.44 Å². The SMILES string of the molecule is CCCCCCOC(=O)C(C)(C)NP(=O)(COC(C)Cn1cnc2c(N)ncnc21)N[C@@H](CC(=O)OC(C)C)C(C)C. The molecule has 0 aromatic carbocycles. The van der Waals surface area contributed by atoms with Crippen LogP contribution in [0.25, 0.3) is 11.2 Å². The average Bonchev–Trinajstić information content (AvgIpc) is 3.30. The first kappa shape index (κ1) is 35.6. The molecule has 0 aliphatic rings. The number of fused-ring (bicyclic) bond motifs is 1. The van der Waals surface area contributed by atoms with Crippen molar-refractivity contribution in [1.82, 2.24) is 29.7 Å². The predicted octanol–water partition coefficient (Wildman–Crippen LogP) is 4.41. The molecule has 0 radical (unpaired) electrons. The molecule has 238 valence electrons. The van der Waals surface area contributed by atoms with E-state index in [9.17, 15) is 14.2 Å². The van der Waals surface area contributed by atoms with E-state index in [0.717, 1.165) is 25.7 Å². The van der Waals surface area contributed by atoms with Crippen LogP contribution in [-0.4, -0.2) is 68.2 Å². The summed E-state index contributed by atoms with van der Waals surface area (Å²) in [5.41, 5.74) is 5.65. The molecule has 0 spiro atoms. The molecule has 0 saturated heterocycles. The minimum absolute atomic E-state index is 0.00151. The molecule has 0 aliphatic carbocycles. The summed E-state index contributed by atoms with van der Waals surface area (Å²) < 4.78 is 33.2. The van der Waals surface area contributed by atoms with E-state index < -0.39 is 37.1 Å². The first-order chi connectivity index (χ1) is 19.7. The normalized spacial score (nSPS) is 15.1. The van der Waals surface area contributed by atoms with Crippen molar-refractivity contribution in [2.24, 2.45) is 5.92 Å². The van der Waals surface area contributed by atoms with Crippen molar-refractivity contribution in [3.05, 3.63) is 12.7 Å². The number of hydrogen-bond donors (Lipinski definition) is 3. The zero-order chi connectivity index (χ0) is 31.5. The summed E-state index contributed by atoms with van der Waals surface area (Å²) in [5, 5.41) is 6.14. The summed E-state index contributed by atoms with van der Waals surface area (Å²) in [6.45, 7) is 15.2. The number of unbranched alkanes of at least 4 members (excludes halogenated alkanes) is 3. The lowest BCUT2D eigenvalue weighted by molar-refractivity contribution is -0.150. The molecular formula is C28H50N7O6P. The van der Waals surface area contributed by atoms with Crippen molar-refractivity contribution in [3.8, 4) is 0 Å². The van der Waals surface area contributed by atoms with Crippen molar-refractivity contribution in [3.63, 3.8) is 0 Å². The maximum absolute atomic E-state index is 14.5. The number of rotatable bonds is 19. The van der Waals surface area contributed by atoms with Gasteiger partial charge in [-0.25, -0.2) is 25.1 Å². The number of nitrogens with two attached hydrogens (primary N) is 1. The Morgan fingerprint density at radius 1 is 1.10 bits per heavy atom. The van der Waals surface area contributed by atoms with Gasteiger partial charge in [-0.1, -0.05) is 40.0 Å². The molecule has 3 atom stereocenters. The molecule has 4 N–H and O–H groups in total. The summed E-state index contributed by atoms with van der Waals surface area (Å²) in [4.78, 5) is 38.0. The lowest BCUT2D eigenvalue weighted by Crippen LogP contribution is -2.50. The number of imidazole rings is 1. The average molecular weight is 612 g/mol. The molecule has 0 bridgehead atoms. The van der Waals surface area contributed by atoms with Crippen LogP contribution in [0.4, 0.5) is 5.82 Å². The van der Waals surface area contributed by atoms with Gasteiger partial charge in [-0.15, -0.1) is 0 Å². The van der Waals surface area contributed by atoms with Crippen LogP contribution in [0.5, 0.6) is 0 Å². The Kier molecular flexibility index (Phi) is 13.8. The topological polar surface area (TPSA) is 173 Å². The summed E-state index contributed by atoms with van der Waals surface area (Å²) in [6, 6.07) is -0.508. The van der Waals surface area contributed by atoms with Crippen molar-refractivity contribution >= 4 is 36.4 Å². The van der Waals surface area contributed by atoms with E-state index in [4.69, 9.17) is 19.9 Å². The number of nitrogens with one attached hydrogen (secondary N) is 2. The third-order valence-corrected chi connectivity index (χ3v) is 8.74. The zero-order valence-electron chi connectivity index (χ0n) is 26.4. The van der Waals surface area contributed by atoms with Gasteiger partial charge in [0.1, 0.15) is 23.7 Å². The largest absolute Gasteiger partial charge is 0.464 e. The maximum atomic E-state index is 14.5. The summed E-state index contributed by atoms with van der Waals surface area (Å²) in [5.74, 6) is -0.721. The van der Waals surface area contributed by atoms with E-state index in [1.54, 1.807) is 38.6 Å². The number of nitrogens with zero attached hydrogens (tertiary/aromatic N) is 4. The Balaban J connectivity index is 2.20. The molecular weight excluding hydrogens is 561 g/mol. The fourth-order valence-electron chi connectivity index (χ4n) is 4.26. The van der Waals surface area contributed by atoms with Gasteiger partial charge < -0.3 is 24.5 Å². The van der Waals surface area contributed by atoms with Crippen LogP contribution in [0, 0.1) is 5.92 Å². The highest BCUT2D eigenvalue weighted by molar-refractivity contribution is 7.59. The number of hydrogen-bond acceptors (Lipinski definition) is 10. The molecule has 42 heavy (non-hydrogen) atoms. The monoisotopic (exact) mass is 611 g/mol. The van der Waals surface area contributed by atoms with Gasteiger partial charge in [0.15, 0.2) is 11.5 Å². The molecule has 2 heterocycles. The van der Waals surface area contributed by atoms with Crippen LogP contribution < -0.4 is 15.9 Å². The lowest BCUT2D eigenvalue weighted by atomic mass is 10.0. The van der Waals surface area contributed by atoms with E-state index in [0.29, 0.717) is 17.7 Å². The number of nitrogen functional groups attached to an aromatic ring is 1. The van der Waals surface area contributed by atoms with Crippen molar-refractivity contribution in [1.29, 1.82) is 0 Å². The first-order valence-corrected chi connectivity index (χ1v) is 16.6. The van der Waals surface area contributed by atoms with Crippen LogP contribution in [0.15, 0.2) is 12.7 Å². The number of carbonyl (C=O) groups excluding carboxylic acids is 2. The number of carbonyl (C=O) groups is 2. The lowest BCUT2D eigenvalue weighted by Gasteiger charge is -2.34. The van der Waals surface area contributed by atoms with Crippen molar-refractivity contribution in [2.75, 3.05) is 18.7 Å². The number of esters is 2. The highest BCUT2D eigenvalue weighted by atomic mass is 31.2. The Hall–Kier alpha value is -2.60. The number of anilines is 1. The summed E-state index contributed by atoms with van der Waals surface area (Å²) in [7, 11) is -3.65. The second kappa shape index (κ2) is 16.3. The second-order valence-electron chi connectivity index (χ2n) is 11.8. The fourth-order valence-corrected chi connectivity index (χ4v) is 6.84. The van der Waals surface area contributed by atoms with Crippen molar-refractivity contribution in [2.45, 2.75) is 118 Å². The number of aromatic nitrogens is 4. The van der Waals surface area contributed by atoms with Crippen LogP contribution in [0.2, 0.25) is 0 Å². The fraction of sp³-hybridized carbons (Fsp3) is 0.750. The van der Waals surface area contributed by atoms with Gasteiger partial charge in [-0.3, -0.25) is 14.2 Å². The van der Waals surface area contributed by atoms with E-state index in [1.165, 1.54) is 6.33 Å². The molecule has 0 saturated carbocycles. The quantitative estimate of drug-likeness (QED) is 0.116. The third-order valence-electron chi connectivity index (χ3n) is 6.56. The Morgan fingerprint density at radius 2 is 1.81 bits per heavy atom. The standard InChI is InChI=1S/C28H50N7O6P/c1-9-10-11-12-13-39-27(37)28(7,8)34-42(38,33-22(19(2)3)14-23(36)41-20(4)5)18-40-21(6)15-35-17-32-24-25(29)30-16-31-26(24)35/h16-17,19-22H,9-15,18H2,1-8H3,(H2,29,30,31)(H2,33,34,38)/t21?,22-,42?/m0/s1. The molecule has 2 unspecified atom stereocenters. The molecule has 2 aromatic heterocycles. The zero-order valence-corrected chi connectivity index (χ0v) is 27.3. The molecule has 2 rings (SSSR count). The molecule has 0 fully saturated rings. The van der Waals surface area contributed by atoms with Gasteiger partial charge in [-0.05, 0) is 47.0 Å². The Bertz CT molecular complexity index is 1200. The van der Waals surface area contributed by atoms with Crippen molar-refractivity contribution < 1.29 is 28.4 Å². The third kappa shape index (κ3) is 11.2. The number of ether oxygens (including phenoxy) is 3. The highest BCUT2D eigenvalue weighted by Gasteiger charge is 2.39. The van der Waals surface area contributed by atoms with E-state index in [1.807, 2.05) is 20.8 Å². The van der Waals surface area contributed by atoms with E-state index in [-0.39, 0.29) is 37.2 Å². The molecule has 0 aliphatic heterocycles. The van der Waals surface area contributed by atoms with E-state index >= 15 is 0 Å². The Labute approximate surface area is 249 Å². The van der Waals surface area contributed by atoms with Gasteiger partial charge in [0.2, 0.25) is 7.44 Å². The smallest absolute Gasteiger partial charge is 0.326 e. The molecule has 2 aromatic rings. The minimum atomic E-state index is -3.65. The Morgan fingerprint density at radius 3 is 2.45 bits per heavy atom.